The number of aryl methyl sites for hydroxylation is 1. The van der Waals surface area contributed by atoms with Crippen molar-refractivity contribution in [1.82, 2.24) is 0 Å². The van der Waals surface area contributed by atoms with Gasteiger partial charge in [0, 0.05) is 45.6 Å². The minimum Gasteiger partial charge on any atom is -0.485 e. The Bertz CT molecular complexity index is 2630. The highest BCUT2D eigenvalue weighted by Crippen LogP contribution is 2.46. The predicted molar refractivity (Wildman–Crippen MR) is 242 cm³/mol. The maximum atomic E-state index is 6.92. The van der Waals surface area contributed by atoms with Gasteiger partial charge in [-0.2, -0.15) is 0 Å². The summed E-state index contributed by atoms with van der Waals surface area (Å²) in [6.45, 7) is 18.4. The highest BCUT2D eigenvalue weighted by atomic mass is 16.5. The molecule has 3 nitrogen and oxygen atoms in total. The summed E-state index contributed by atoms with van der Waals surface area (Å²) in [7, 11) is 0. The summed E-state index contributed by atoms with van der Waals surface area (Å²) in [6.07, 6.45) is 21.9. The molecule has 0 bridgehead atoms. The van der Waals surface area contributed by atoms with Crippen LogP contribution in [0.2, 0.25) is 0 Å². The molecule has 9 rings (SSSR count). The van der Waals surface area contributed by atoms with Crippen molar-refractivity contribution < 1.29 is 4.74 Å². The van der Waals surface area contributed by atoms with Gasteiger partial charge in [0.2, 0.25) is 0 Å². The van der Waals surface area contributed by atoms with Gasteiger partial charge in [-0.1, -0.05) is 114 Å². The van der Waals surface area contributed by atoms with E-state index in [9.17, 15) is 0 Å². The maximum Gasteiger partial charge on any atom is 0.128 e. The van der Waals surface area contributed by atoms with Gasteiger partial charge >= 0.3 is 0 Å². The van der Waals surface area contributed by atoms with Crippen LogP contribution in [-0.2, 0) is 5.41 Å². The summed E-state index contributed by atoms with van der Waals surface area (Å²) in [5, 5.41) is 5.04. The molecule has 1 aliphatic heterocycles. The van der Waals surface area contributed by atoms with Crippen LogP contribution in [0.4, 0.5) is 22.7 Å². The van der Waals surface area contributed by atoms with Gasteiger partial charge in [-0.15, -0.1) is 0 Å². The number of allylic oxidation sites excluding steroid dienone is 7. The van der Waals surface area contributed by atoms with E-state index in [1.165, 1.54) is 66.2 Å². The molecule has 5 aromatic carbocycles. The molecule has 288 valence electrons. The number of nitrogens with zero attached hydrogens (tertiary/aromatic N) is 2. The Labute approximate surface area is 339 Å². The first-order valence-electron chi connectivity index (χ1n) is 20.9. The fourth-order valence-electron chi connectivity index (χ4n) is 9.30. The second-order valence-electron chi connectivity index (χ2n) is 18.6. The van der Waals surface area contributed by atoms with Crippen molar-refractivity contribution in [2.75, 3.05) is 9.80 Å². The lowest BCUT2D eigenvalue weighted by Crippen LogP contribution is -2.37. The smallest absolute Gasteiger partial charge is 0.128 e. The summed E-state index contributed by atoms with van der Waals surface area (Å²) in [5.41, 5.74) is 12.8. The zero-order valence-electron chi connectivity index (χ0n) is 34.9. The first-order valence-corrected chi connectivity index (χ1v) is 20.9. The van der Waals surface area contributed by atoms with Crippen LogP contribution < -0.4 is 25.0 Å². The first kappa shape index (κ1) is 37.1. The minimum absolute atomic E-state index is 0.0572. The zero-order valence-corrected chi connectivity index (χ0v) is 34.9. The third kappa shape index (κ3) is 6.75. The third-order valence-electron chi connectivity index (χ3n) is 12.8. The Balaban J connectivity index is 1.08. The molecule has 3 aliphatic carbocycles. The Morgan fingerprint density at radius 1 is 0.737 bits per heavy atom. The molecule has 0 spiro atoms. The average molecular weight is 749 g/mol. The van der Waals surface area contributed by atoms with Crippen LogP contribution in [0.5, 0.6) is 5.75 Å². The van der Waals surface area contributed by atoms with Gasteiger partial charge in [0.15, 0.2) is 0 Å². The second-order valence-corrected chi connectivity index (χ2v) is 18.6. The van der Waals surface area contributed by atoms with Gasteiger partial charge < -0.3 is 14.5 Å². The molecule has 4 aliphatic rings. The third-order valence-corrected chi connectivity index (χ3v) is 12.8. The molecule has 0 radical (unpaired) electrons. The molecule has 3 atom stereocenters. The Kier molecular flexibility index (Phi) is 9.19. The highest BCUT2D eigenvalue weighted by molar-refractivity contribution is 5.94. The molecule has 5 aromatic rings. The lowest BCUT2D eigenvalue weighted by molar-refractivity contribution is 0.288. The van der Waals surface area contributed by atoms with Crippen molar-refractivity contribution in [2.24, 2.45) is 11.3 Å². The van der Waals surface area contributed by atoms with E-state index in [0.29, 0.717) is 5.92 Å². The molecule has 0 aromatic heterocycles. The molecule has 0 amide bonds. The van der Waals surface area contributed by atoms with Crippen LogP contribution in [0.25, 0.3) is 22.9 Å². The topological polar surface area (TPSA) is 15.7 Å². The summed E-state index contributed by atoms with van der Waals surface area (Å²) in [6, 6.07) is 33.8. The molecule has 3 heteroatoms. The zero-order chi connectivity index (χ0) is 39.6. The molecular formula is C54H56N2O. The minimum atomic E-state index is -0.0572. The van der Waals surface area contributed by atoms with Crippen molar-refractivity contribution in [1.29, 1.82) is 0 Å². The van der Waals surface area contributed by atoms with Crippen molar-refractivity contribution in [3.63, 3.8) is 0 Å². The molecule has 57 heavy (non-hydrogen) atoms. The molecule has 1 heterocycles. The number of benzene rings is 5. The molecule has 3 unspecified atom stereocenters. The van der Waals surface area contributed by atoms with Crippen LogP contribution in [0.15, 0.2) is 139 Å². The number of para-hydroxylation sites is 1. The number of rotatable bonds is 6. The van der Waals surface area contributed by atoms with Crippen LogP contribution >= 0.6 is 0 Å². The number of ether oxygens (including phenoxy) is 1. The van der Waals surface area contributed by atoms with Crippen molar-refractivity contribution in [3.05, 3.63) is 172 Å². The Morgan fingerprint density at radius 2 is 1.47 bits per heavy atom. The monoisotopic (exact) mass is 748 g/mol. The average Bonchev–Trinajstić information content (AvgIpc) is 3.55. The van der Waals surface area contributed by atoms with Gasteiger partial charge in [0.05, 0.1) is 0 Å². The van der Waals surface area contributed by atoms with Gasteiger partial charge in [-0.25, -0.2) is 0 Å². The van der Waals surface area contributed by atoms with Crippen LogP contribution in [0.1, 0.15) is 89.0 Å². The van der Waals surface area contributed by atoms with E-state index >= 15 is 0 Å². The number of fused-ring (bicyclic) bond motifs is 5. The van der Waals surface area contributed by atoms with Crippen molar-refractivity contribution in [3.8, 4) is 5.75 Å². The normalized spacial score (nSPS) is 19.7. The molecule has 0 N–H and O–H groups in total. The van der Waals surface area contributed by atoms with E-state index in [0.717, 1.165) is 36.4 Å². The van der Waals surface area contributed by atoms with E-state index in [1.54, 1.807) is 0 Å². The van der Waals surface area contributed by atoms with Gasteiger partial charge in [-0.05, 0) is 155 Å². The Hall–Kier alpha value is -5.54. The first-order chi connectivity index (χ1) is 27.3. The standard InChI is InChI=1S/C54H56N2O/c1-35-45-33-51-47(31-37(45)19-29-49(35)55(41-15-11-9-12-16-41)43-25-21-39(22-26-43)53(3,4)5)48-32-38-20-30-50(36(2)46(38)34-52(48)57-51)56(42-17-13-10-14-18-42)44-27-23-40(24-28-44)54(6,7)8/h9-13,15-17,19-23,25-34,40,47,51H,14,18,24H2,1-8H3. The predicted octanol–water partition coefficient (Wildman–Crippen LogP) is 12.9. The second kappa shape index (κ2) is 14.1. The molecule has 0 fully saturated rings. The largest absolute Gasteiger partial charge is 0.485 e. The van der Waals surface area contributed by atoms with Crippen LogP contribution in [0, 0.1) is 25.2 Å². The quantitative estimate of drug-likeness (QED) is 0.172. The fraction of sp³-hybridized carbons (Fsp3) is 0.296. The number of anilines is 4. The highest BCUT2D eigenvalue weighted by Gasteiger charge is 2.34. The number of hydrogen-bond donors (Lipinski definition) is 0. The number of hydrogen-bond acceptors (Lipinski definition) is 3. The maximum absolute atomic E-state index is 6.92. The van der Waals surface area contributed by atoms with E-state index in [-0.39, 0.29) is 22.9 Å². The summed E-state index contributed by atoms with van der Waals surface area (Å²) < 4.78 is 6.92. The van der Waals surface area contributed by atoms with Crippen molar-refractivity contribution in [2.45, 2.75) is 92.1 Å². The summed E-state index contributed by atoms with van der Waals surface area (Å²) >= 11 is 0. The summed E-state index contributed by atoms with van der Waals surface area (Å²) in [4.78, 5) is 4.90. The van der Waals surface area contributed by atoms with E-state index < -0.39 is 0 Å². The molecule has 0 saturated carbocycles. The van der Waals surface area contributed by atoms with E-state index in [4.69, 9.17) is 4.74 Å². The lowest BCUT2D eigenvalue weighted by atomic mass is 9.77. The van der Waals surface area contributed by atoms with Crippen LogP contribution in [-0.4, -0.2) is 6.10 Å². The SMILES string of the molecule is Cc1c(N(c2ccccc2)c2ccc(C(C)(C)C)cc2)ccc2c1=CC1Oc3cc4c(C)c(N(C5=CCC(C(C)(C)C)C=C5)C5=CC=CCC5)ccc4cc3C1C=2. The van der Waals surface area contributed by atoms with E-state index in [2.05, 4.69) is 205 Å². The fourth-order valence-corrected chi connectivity index (χ4v) is 9.30. The Morgan fingerprint density at radius 3 is 2.16 bits per heavy atom. The summed E-state index contributed by atoms with van der Waals surface area (Å²) in [5.74, 6) is 1.70. The molecular weight excluding hydrogens is 693 g/mol. The van der Waals surface area contributed by atoms with Crippen molar-refractivity contribution >= 4 is 45.7 Å². The lowest BCUT2D eigenvalue weighted by Gasteiger charge is -2.35. The van der Waals surface area contributed by atoms with Gasteiger partial charge in [-0.3, -0.25) is 0 Å². The van der Waals surface area contributed by atoms with E-state index in [1.807, 2.05) is 0 Å². The van der Waals surface area contributed by atoms with Gasteiger partial charge in [0.1, 0.15) is 11.9 Å². The van der Waals surface area contributed by atoms with Gasteiger partial charge in [0.25, 0.3) is 0 Å². The van der Waals surface area contributed by atoms with Crippen LogP contribution in [0.3, 0.4) is 0 Å². The molecule has 0 saturated heterocycles.